The molecule has 6 aromatic rings. The quantitative estimate of drug-likeness (QED) is 0.119. The van der Waals surface area contributed by atoms with Crippen molar-refractivity contribution in [3.63, 3.8) is 0 Å². The molecule has 18 atom stereocenters. The summed E-state index contributed by atoms with van der Waals surface area (Å²) in [6, 6.07) is 13.7. The van der Waals surface area contributed by atoms with E-state index in [4.69, 9.17) is 82.0 Å². The summed E-state index contributed by atoms with van der Waals surface area (Å²) in [4.78, 5) is 157. The molecule has 730 valence electrons. The predicted molar refractivity (Wildman–Crippen MR) is 503 cm³/mol. The number of carboxylic acid groups (broad SMARTS) is 1. The van der Waals surface area contributed by atoms with Crippen LogP contribution in [0.5, 0.6) is 34.9 Å². The number of rotatable bonds is 6. The maximum Gasteiger partial charge on any atom is 0.329 e. The number of carboxylic acids is 1. The van der Waals surface area contributed by atoms with E-state index in [9.17, 15) is 48.3 Å². The van der Waals surface area contributed by atoms with Crippen LogP contribution in [0.3, 0.4) is 0 Å². The van der Waals surface area contributed by atoms with Crippen molar-refractivity contribution in [2.24, 2.45) is 69.5 Å². The molecule has 6 aliphatic heterocycles. The van der Waals surface area contributed by atoms with E-state index in [0.29, 0.717) is 87.3 Å². The van der Waals surface area contributed by atoms with Crippen molar-refractivity contribution in [3.05, 3.63) is 77.8 Å². The molecule has 30 nitrogen and oxygen atoms in total. The number of aliphatic carboxylic acids is 1. The molecule has 0 spiro atoms. The minimum atomic E-state index is -1.11. The van der Waals surface area contributed by atoms with Crippen molar-refractivity contribution in [2.75, 3.05) is 41.0 Å². The van der Waals surface area contributed by atoms with Gasteiger partial charge in [0.25, 0.3) is 0 Å². The number of allylic oxidation sites excluding steroid dienone is 1. The van der Waals surface area contributed by atoms with Gasteiger partial charge in [-0.1, -0.05) is 115 Å². The van der Waals surface area contributed by atoms with E-state index in [1.54, 1.807) is 71.0 Å². The molecule has 6 fully saturated rings. The second-order valence-corrected chi connectivity index (χ2v) is 44.7. The third kappa shape index (κ3) is 23.7. The van der Waals surface area contributed by atoms with Crippen molar-refractivity contribution >= 4 is 92.7 Å². The fourth-order valence-corrected chi connectivity index (χ4v) is 20.0. The van der Waals surface area contributed by atoms with Crippen LogP contribution in [-0.2, 0) is 79.7 Å². The van der Waals surface area contributed by atoms with E-state index in [1.807, 2.05) is 166 Å². The van der Waals surface area contributed by atoms with Crippen LogP contribution in [0.2, 0.25) is 0 Å². The summed E-state index contributed by atoms with van der Waals surface area (Å²) in [5, 5.41) is 10.2. The summed E-state index contributed by atoms with van der Waals surface area (Å²) in [5.74, 6) is -3.90. The van der Waals surface area contributed by atoms with Gasteiger partial charge in [0, 0.05) is 53.7 Å². The Morgan fingerprint density at radius 1 is 0.410 bits per heavy atom. The first kappa shape index (κ1) is 101. The number of amides is 3. The Morgan fingerprint density at radius 2 is 0.731 bits per heavy atom. The van der Waals surface area contributed by atoms with Gasteiger partial charge in [-0.15, -0.1) is 0 Å². The lowest BCUT2D eigenvalue weighted by Crippen LogP contribution is -2.50. The zero-order valence-corrected chi connectivity index (χ0v) is 83.2. The molecule has 3 saturated heterocycles. The van der Waals surface area contributed by atoms with Gasteiger partial charge in [-0.25, -0.2) is 44.3 Å². The maximum atomic E-state index is 14.5. The second kappa shape index (κ2) is 39.6. The average Bonchev–Trinajstić information content (AvgIpc) is 1.60. The van der Waals surface area contributed by atoms with Gasteiger partial charge >= 0.3 is 35.8 Å². The number of carbonyl (C=O) groups is 9. The Balaban J connectivity index is 0.000000171. The van der Waals surface area contributed by atoms with Gasteiger partial charge in [0.05, 0.1) is 111 Å². The van der Waals surface area contributed by atoms with Crippen LogP contribution in [0.1, 0.15) is 272 Å². The molecule has 134 heavy (non-hydrogen) atoms. The molecule has 0 unspecified atom stereocenters. The summed E-state index contributed by atoms with van der Waals surface area (Å²) < 4.78 is 65.6. The van der Waals surface area contributed by atoms with Gasteiger partial charge < -0.3 is 71.9 Å². The highest BCUT2D eigenvalue weighted by atomic mass is 16.6. The van der Waals surface area contributed by atoms with Crippen LogP contribution in [0.15, 0.2) is 60.7 Å². The van der Waals surface area contributed by atoms with Gasteiger partial charge in [-0.3, -0.25) is 28.8 Å². The first-order valence-corrected chi connectivity index (χ1v) is 48.3. The molecule has 0 radical (unpaired) electrons. The Labute approximate surface area is 788 Å². The molecule has 3 aromatic heterocycles. The molecule has 3 amide bonds. The second-order valence-electron chi connectivity index (χ2n) is 44.7. The summed E-state index contributed by atoms with van der Waals surface area (Å²) in [7, 11) is 4.79. The molecule has 3 saturated carbocycles. The molecular weight excluding hydrogens is 1710 g/mol. The number of ether oxygens (including phenoxy) is 11. The number of aromatic nitrogens is 6. The Hall–Kier alpha value is -10.6. The molecule has 6 bridgehead atoms. The van der Waals surface area contributed by atoms with E-state index < -0.39 is 140 Å². The molecule has 15 rings (SSSR count). The number of benzene rings is 3. The summed E-state index contributed by atoms with van der Waals surface area (Å²) >= 11 is 0. The molecular formula is C104H143N9O21. The largest absolute Gasteiger partial charge is 0.497 e. The van der Waals surface area contributed by atoms with Crippen LogP contribution in [-0.4, -0.2) is 209 Å². The minimum absolute atomic E-state index is 0.0651. The highest BCUT2D eigenvalue weighted by molar-refractivity contribution is 5.92. The lowest BCUT2D eigenvalue weighted by molar-refractivity contribution is -0.167. The lowest BCUT2D eigenvalue weighted by Gasteiger charge is -2.35. The first-order chi connectivity index (χ1) is 62.8. The van der Waals surface area contributed by atoms with Gasteiger partial charge in [-0.05, 0) is 198 Å². The molecule has 1 N–H and O–H groups in total. The molecule has 9 heterocycles. The molecule has 9 aliphatic rings. The van der Waals surface area contributed by atoms with Gasteiger partial charge in [0.15, 0.2) is 0 Å². The van der Waals surface area contributed by atoms with Gasteiger partial charge in [-0.2, -0.15) is 0 Å². The number of methoxy groups -OCH3 is 3. The number of aryl methyl sites for hydroxylation is 2. The van der Waals surface area contributed by atoms with Crippen LogP contribution >= 0.6 is 0 Å². The third-order valence-electron chi connectivity index (χ3n) is 28.6. The van der Waals surface area contributed by atoms with Crippen molar-refractivity contribution in [1.29, 1.82) is 0 Å². The number of fused-ring (bicyclic) bond motifs is 15. The smallest absolute Gasteiger partial charge is 0.329 e. The Morgan fingerprint density at radius 3 is 1.07 bits per heavy atom. The van der Waals surface area contributed by atoms with Crippen molar-refractivity contribution < 1.29 is 100 Å². The zero-order valence-electron chi connectivity index (χ0n) is 83.2. The average molecular weight is 1860 g/mol. The van der Waals surface area contributed by atoms with E-state index >= 15 is 0 Å². The number of hydrogen-bond donors (Lipinski definition) is 1. The number of nitrogens with zero attached hydrogens (tertiary/aromatic N) is 9. The van der Waals surface area contributed by atoms with E-state index in [-0.39, 0.29) is 74.5 Å². The fraction of sp³-hybridized carbons (Fsp3) is 0.663. The van der Waals surface area contributed by atoms with Crippen molar-refractivity contribution in [2.45, 2.75) is 332 Å². The SMILES string of the molecule is COc1ccc2nc3c(nc2c1)O[C@H]1CN(C(=O)[C@H](C(C)(C)C)CC(=O)O[C@@]2(C)C[C@@H]2CCC/C=C/3)[C@H](C(=O)OC(C)(C)C)[C@@H]1C.COc1ccc2nc3c(nc2c1)O[C@H]1CN(C(=O)[C@H](C(C)(C)C)CC(=O)O[C@]2(C)C[C@H]2CCCCC3)[C@H](C(=O)O)[C@@H]1C.COc1ccc2nc3c(nc2c1)O[C@H]1CN(C(=O)[C@H](C(C)(C)C)CC(=O)O[C@]2(C)C[C@H]2CCCCC3)[C@H](C(=O)OC(C)(C)C)[C@@H]1C. The van der Waals surface area contributed by atoms with E-state index in [0.717, 1.165) is 112 Å². The van der Waals surface area contributed by atoms with Crippen LogP contribution in [0, 0.1) is 69.5 Å². The standard InChI is InChI=1S/C36H51N3O7.C36H49N3O7.C32H43N3O7/c2*1-21-28-20-39(30(21)33(42)46-35(5,6)7)32(41)24(34(2,3)4)18-29(40)45-36(8)19-22(36)13-11-10-12-14-26-31(44-28)38-27-17-23(43-9)15-16-25(27)37-26;1-18-25-17-35(27(18)30(38)39)29(37)21(31(2,3)4)15-26(36)42-32(5)16-19(32)10-8-7-9-11-23-28(41-25)34-24-14-20(40-6)12-13-22(24)33-23/h15-17,21-22,24,28,30H,10-14,18-20H2,1-9H3;12,14-17,21-22,24,28,30H,10-11,13,18-20H2,1-9H3;12-14,18-19,21,25,27H,7-11,15-17H2,1-6H3,(H,38,39)/b;14-12+;/t21-,22-,24-,28+,30+,36-;21-,22+,24-,28+,30+,36+;18-,19-,21-,25+,27+,32-/m111/s1. The number of hydrogen-bond acceptors (Lipinski definition) is 26. The lowest BCUT2D eigenvalue weighted by atomic mass is 9.77. The Bertz CT molecular complexity index is 5410. The molecule has 3 aliphatic carbocycles. The van der Waals surface area contributed by atoms with Crippen LogP contribution in [0.4, 0.5) is 0 Å². The number of carbonyl (C=O) groups excluding carboxylic acids is 8. The van der Waals surface area contributed by atoms with Crippen LogP contribution < -0.4 is 28.4 Å². The van der Waals surface area contributed by atoms with E-state index in [2.05, 4.69) is 6.08 Å². The topological polar surface area (TPSA) is 362 Å². The van der Waals surface area contributed by atoms with Crippen molar-refractivity contribution in [3.8, 4) is 34.9 Å². The monoisotopic (exact) mass is 1850 g/mol. The van der Waals surface area contributed by atoms with Gasteiger partial charge in [0.2, 0.25) is 35.4 Å². The minimum Gasteiger partial charge on any atom is -0.497 e. The van der Waals surface area contributed by atoms with Gasteiger partial charge in [0.1, 0.15) is 98.8 Å². The predicted octanol–water partition coefficient (Wildman–Crippen LogP) is 17.0. The van der Waals surface area contributed by atoms with Crippen molar-refractivity contribution in [1.82, 2.24) is 44.6 Å². The molecule has 30 heteroatoms. The zero-order chi connectivity index (χ0) is 97.6. The maximum absolute atomic E-state index is 14.5. The molecule has 3 aromatic carbocycles. The summed E-state index contributed by atoms with van der Waals surface area (Å²) in [5.41, 5.74) is 1.29. The fourth-order valence-electron chi connectivity index (χ4n) is 20.0. The highest BCUT2D eigenvalue weighted by Gasteiger charge is 2.59. The third-order valence-corrected chi connectivity index (χ3v) is 28.6. The highest BCUT2D eigenvalue weighted by Crippen LogP contribution is 2.54. The van der Waals surface area contributed by atoms with E-state index in [1.165, 1.54) is 4.90 Å². The first-order valence-electron chi connectivity index (χ1n) is 48.3. The van der Waals surface area contributed by atoms with Crippen LogP contribution in [0.25, 0.3) is 39.2 Å². The number of esters is 5. The normalized spacial score (nSPS) is 30.0. The Kier molecular flexibility index (Phi) is 29.8. The summed E-state index contributed by atoms with van der Waals surface area (Å²) in [6.45, 7) is 40.0. The summed E-state index contributed by atoms with van der Waals surface area (Å²) in [6.07, 6.45) is 16.1.